The van der Waals surface area contributed by atoms with Gasteiger partial charge in [0, 0.05) is 44.4 Å². The van der Waals surface area contributed by atoms with Gasteiger partial charge in [-0.15, -0.1) is 0 Å². The maximum atomic E-state index is 12.8. The summed E-state index contributed by atoms with van der Waals surface area (Å²) in [7, 11) is 0. The van der Waals surface area contributed by atoms with Crippen molar-refractivity contribution in [2.75, 3.05) is 39.6 Å². The third-order valence-electron chi connectivity index (χ3n) is 5.48. The van der Waals surface area contributed by atoms with Gasteiger partial charge >= 0.3 is 0 Å². The summed E-state index contributed by atoms with van der Waals surface area (Å²) in [4.78, 5) is 12.8. The first-order valence-corrected chi connectivity index (χ1v) is 9.49. The average Bonchev–Trinajstić information content (AvgIpc) is 3.19. The molecule has 2 heterocycles. The van der Waals surface area contributed by atoms with Crippen LogP contribution in [0.15, 0.2) is 18.2 Å². The Kier molecular flexibility index (Phi) is 6.51. The lowest BCUT2D eigenvalue weighted by Gasteiger charge is -2.34. The number of hydrogen-bond acceptors (Lipinski definition) is 5. The molecular weight excluding hydrogens is 332 g/mol. The van der Waals surface area contributed by atoms with E-state index in [9.17, 15) is 4.79 Å². The molecule has 2 saturated heterocycles. The molecule has 0 aromatic heterocycles. The van der Waals surface area contributed by atoms with E-state index >= 15 is 0 Å². The van der Waals surface area contributed by atoms with Crippen molar-refractivity contribution in [1.29, 1.82) is 0 Å². The molecule has 1 unspecified atom stereocenters. The van der Waals surface area contributed by atoms with Crippen LogP contribution >= 0.6 is 0 Å². The predicted molar refractivity (Wildman–Crippen MR) is 99.0 cm³/mol. The van der Waals surface area contributed by atoms with Crippen LogP contribution in [0.1, 0.15) is 30.4 Å². The fraction of sp³-hybridized carbons (Fsp3) is 0.650. The van der Waals surface area contributed by atoms with Crippen LogP contribution in [0.5, 0.6) is 5.75 Å². The van der Waals surface area contributed by atoms with Gasteiger partial charge in [0.05, 0.1) is 18.6 Å². The highest BCUT2D eigenvalue weighted by atomic mass is 16.5. The zero-order valence-corrected chi connectivity index (χ0v) is 15.6. The molecule has 1 aromatic rings. The monoisotopic (exact) mass is 362 g/mol. The molecule has 26 heavy (non-hydrogen) atoms. The zero-order valence-electron chi connectivity index (χ0n) is 15.6. The van der Waals surface area contributed by atoms with Crippen LogP contribution in [-0.2, 0) is 20.8 Å². The summed E-state index contributed by atoms with van der Waals surface area (Å²) in [6, 6.07) is 6.10. The molecule has 0 aliphatic carbocycles. The van der Waals surface area contributed by atoms with Crippen LogP contribution in [0.25, 0.3) is 0 Å². The fourth-order valence-electron chi connectivity index (χ4n) is 3.51. The molecule has 0 spiro atoms. The fourth-order valence-corrected chi connectivity index (χ4v) is 3.51. The molecule has 6 nitrogen and oxygen atoms in total. The Balaban J connectivity index is 1.62. The SMILES string of the molecule is Cc1ccc(CNC(=O)C2(CN)CCOCC2)c(OCC2CCOC2)c1. The third kappa shape index (κ3) is 4.55. The van der Waals surface area contributed by atoms with E-state index in [-0.39, 0.29) is 5.91 Å². The topological polar surface area (TPSA) is 82.8 Å². The number of nitrogens with two attached hydrogens (primary N) is 1. The number of aryl methyl sites for hydroxylation is 1. The molecule has 6 heteroatoms. The minimum Gasteiger partial charge on any atom is -0.493 e. The van der Waals surface area contributed by atoms with E-state index in [1.807, 2.05) is 25.1 Å². The summed E-state index contributed by atoms with van der Waals surface area (Å²) in [5, 5.41) is 3.07. The Morgan fingerprint density at radius 2 is 2.12 bits per heavy atom. The van der Waals surface area contributed by atoms with E-state index in [1.54, 1.807) is 0 Å². The lowest BCUT2D eigenvalue weighted by Crippen LogP contribution is -2.49. The Hall–Kier alpha value is -1.63. The summed E-state index contributed by atoms with van der Waals surface area (Å²) in [5.74, 6) is 1.30. The normalized spacial score (nSPS) is 22.2. The molecule has 1 aromatic carbocycles. The average molecular weight is 362 g/mol. The maximum Gasteiger partial charge on any atom is 0.227 e. The van der Waals surface area contributed by atoms with Crippen molar-refractivity contribution in [3.8, 4) is 5.75 Å². The molecule has 0 bridgehead atoms. The predicted octanol–water partition coefficient (Wildman–Crippen LogP) is 1.78. The summed E-state index contributed by atoms with van der Waals surface area (Å²) in [6.07, 6.45) is 2.39. The summed E-state index contributed by atoms with van der Waals surface area (Å²) >= 11 is 0. The van der Waals surface area contributed by atoms with Crippen molar-refractivity contribution in [3.63, 3.8) is 0 Å². The van der Waals surface area contributed by atoms with Crippen molar-refractivity contribution in [2.24, 2.45) is 17.1 Å². The van der Waals surface area contributed by atoms with Gasteiger partial charge in [-0.3, -0.25) is 4.79 Å². The van der Waals surface area contributed by atoms with Gasteiger partial charge in [0.2, 0.25) is 5.91 Å². The number of rotatable bonds is 7. The highest BCUT2D eigenvalue weighted by molar-refractivity contribution is 5.83. The van der Waals surface area contributed by atoms with Crippen molar-refractivity contribution in [3.05, 3.63) is 29.3 Å². The van der Waals surface area contributed by atoms with Gasteiger partial charge < -0.3 is 25.3 Å². The first-order chi connectivity index (χ1) is 12.6. The Morgan fingerprint density at radius 1 is 1.31 bits per heavy atom. The molecule has 1 amide bonds. The van der Waals surface area contributed by atoms with E-state index < -0.39 is 5.41 Å². The van der Waals surface area contributed by atoms with Gasteiger partial charge in [-0.25, -0.2) is 0 Å². The molecule has 2 aliphatic heterocycles. The van der Waals surface area contributed by atoms with Gasteiger partial charge in [-0.2, -0.15) is 0 Å². The molecule has 144 valence electrons. The maximum absolute atomic E-state index is 12.8. The molecule has 0 radical (unpaired) electrons. The van der Waals surface area contributed by atoms with Crippen molar-refractivity contribution >= 4 is 5.91 Å². The number of hydrogen-bond donors (Lipinski definition) is 2. The Bertz CT molecular complexity index is 608. The number of ether oxygens (including phenoxy) is 3. The molecule has 1 atom stereocenters. The van der Waals surface area contributed by atoms with Crippen molar-refractivity contribution in [1.82, 2.24) is 5.32 Å². The highest BCUT2D eigenvalue weighted by Gasteiger charge is 2.38. The quantitative estimate of drug-likeness (QED) is 0.773. The lowest BCUT2D eigenvalue weighted by atomic mass is 9.79. The largest absolute Gasteiger partial charge is 0.493 e. The minimum absolute atomic E-state index is 0.0130. The first kappa shape index (κ1) is 19.1. The number of carbonyl (C=O) groups is 1. The van der Waals surface area contributed by atoms with Gasteiger partial charge in [-0.05, 0) is 37.8 Å². The molecule has 3 rings (SSSR count). The summed E-state index contributed by atoms with van der Waals surface area (Å²) in [5.41, 5.74) is 7.54. The second kappa shape index (κ2) is 8.84. The van der Waals surface area contributed by atoms with Crippen LogP contribution < -0.4 is 15.8 Å². The van der Waals surface area contributed by atoms with Crippen LogP contribution in [0, 0.1) is 18.3 Å². The number of benzene rings is 1. The summed E-state index contributed by atoms with van der Waals surface area (Å²) < 4.78 is 16.9. The van der Waals surface area contributed by atoms with Crippen molar-refractivity contribution in [2.45, 2.75) is 32.7 Å². The number of carbonyl (C=O) groups excluding carboxylic acids is 1. The molecule has 2 aliphatic rings. The zero-order chi connectivity index (χ0) is 18.4. The second-order valence-electron chi connectivity index (χ2n) is 7.43. The second-order valence-corrected chi connectivity index (χ2v) is 7.43. The standard InChI is InChI=1S/C20H30N2O4/c1-15-2-3-17(18(10-15)26-13-16-4-7-25-12-16)11-22-19(23)20(14-21)5-8-24-9-6-20/h2-3,10,16H,4-9,11-14,21H2,1H3,(H,22,23). The number of nitrogens with one attached hydrogen (secondary N) is 1. The van der Waals surface area contributed by atoms with Gasteiger partial charge in [0.15, 0.2) is 0 Å². The van der Waals surface area contributed by atoms with Gasteiger partial charge in [0.25, 0.3) is 0 Å². The molecular formula is C20H30N2O4. The van der Waals surface area contributed by atoms with Gasteiger partial charge in [-0.1, -0.05) is 12.1 Å². The Labute approximate surface area is 155 Å². The van der Waals surface area contributed by atoms with E-state index in [4.69, 9.17) is 19.9 Å². The molecule has 2 fully saturated rings. The van der Waals surface area contributed by atoms with Gasteiger partial charge in [0.1, 0.15) is 5.75 Å². The van der Waals surface area contributed by atoms with Crippen LogP contribution in [-0.4, -0.2) is 45.5 Å². The Morgan fingerprint density at radius 3 is 2.81 bits per heavy atom. The van der Waals surface area contributed by atoms with Crippen LogP contribution in [0.4, 0.5) is 0 Å². The van der Waals surface area contributed by atoms with Crippen LogP contribution in [0.3, 0.4) is 0 Å². The molecule has 3 N–H and O–H groups in total. The van der Waals surface area contributed by atoms with Crippen molar-refractivity contribution < 1.29 is 19.0 Å². The van der Waals surface area contributed by atoms with E-state index in [2.05, 4.69) is 5.32 Å². The van der Waals surface area contributed by atoms with E-state index in [1.165, 1.54) is 0 Å². The first-order valence-electron chi connectivity index (χ1n) is 9.49. The highest BCUT2D eigenvalue weighted by Crippen LogP contribution is 2.30. The van der Waals surface area contributed by atoms with E-state index in [0.717, 1.165) is 36.5 Å². The summed E-state index contributed by atoms with van der Waals surface area (Å²) in [6.45, 7) is 6.24. The minimum atomic E-state index is -0.509. The van der Waals surface area contributed by atoms with E-state index in [0.29, 0.717) is 51.7 Å². The van der Waals surface area contributed by atoms with Crippen LogP contribution in [0.2, 0.25) is 0 Å². The third-order valence-corrected chi connectivity index (χ3v) is 5.48. The molecule has 0 saturated carbocycles. The smallest absolute Gasteiger partial charge is 0.227 e. The lowest BCUT2D eigenvalue weighted by molar-refractivity contribution is -0.136. The number of amides is 1.